The maximum Gasteiger partial charge on any atom is 0.409 e. The highest BCUT2D eigenvalue weighted by Crippen LogP contribution is 2.29. The van der Waals surface area contributed by atoms with E-state index >= 15 is 0 Å². The number of nitrogens with zero attached hydrogens (tertiary/aromatic N) is 1. The van der Waals surface area contributed by atoms with Crippen LogP contribution in [0.1, 0.15) is 17.5 Å². The molecule has 0 bridgehead atoms. The monoisotopic (exact) mass is 393 g/mol. The fourth-order valence-corrected chi connectivity index (χ4v) is 4.11. The molecular formula is C27H23NO2. The quantitative estimate of drug-likeness (QED) is 0.400. The highest BCUT2D eigenvalue weighted by atomic mass is 16.6. The number of amides is 1. The van der Waals surface area contributed by atoms with Crippen molar-refractivity contribution < 1.29 is 9.53 Å². The number of carbonyl (C=O) groups is 1. The molecule has 4 aromatic carbocycles. The van der Waals surface area contributed by atoms with Crippen LogP contribution in [0.15, 0.2) is 91.0 Å². The second-order valence-electron chi connectivity index (χ2n) is 7.63. The van der Waals surface area contributed by atoms with E-state index in [-0.39, 0.29) is 6.09 Å². The standard InChI is InChI=1S/C27H23NO2/c29-27-28(16-17-30-27)15-5-10-26(24-13-11-20-6-1-3-8-22(20)18-24)25-14-12-21-7-2-4-9-23(21)19-25/h1-4,6-14,18-19H,5,15-17H2. The van der Waals surface area contributed by atoms with Gasteiger partial charge in [0.1, 0.15) is 6.61 Å². The highest BCUT2D eigenvalue weighted by Gasteiger charge is 2.20. The van der Waals surface area contributed by atoms with Crippen LogP contribution in [0.25, 0.3) is 27.1 Å². The van der Waals surface area contributed by atoms with Crippen molar-refractivity contribution in [1.29, 1.82) is 0 Å². The molecule has 3 nitrogen and oxygen atoms in total. The number of hydrogen-bond acceptors (Lipinski definition) is 2. The van der Waals surface area contributed by atoms with Crippen LogP contribution < -0.4 is 0 Å². The van der Waals surface area contributed by atoms with E-state index in [1.807, 2.05) is 0 Å². The normalized spacial score (nSPS) is 13.6. The van der Waals surface area contributed by atoms with Crippen LogP contribution in [0.2, 0.25) is 0 Å². The Kier molecular flexibility index (Phi) is 4.94. The smallest absolute Gasteiger partial charge is 0.409 e. The number of carbonyl (C=O) groups excluding carboxylic acids is 1. The Morgan fingerprint density at radius 2 is 1.37 bits per heavy atom. The third-order valence-electron chi connectivity index (χ3n) is 5.71. The van der Waals surface area contributed by atoms with Gasteiger partial charge in [0.15, 0.2) is 0 Å². The number of rotatable bonds is 5. The SMILES string of the molecule is O=C1OCCN1CCC=C(c1ccc2ccccc2c1)c1ccc2ccccc2c1. The summed E-state index contributed by atoms with van der Waals surface area (Å²) in [4.78, 5) is 13.5. The first-order chi connectivity index (χ1) is 14.8. The van der Waals surface area contributed by atoms with E-state index in [1.54, 1.807) is 4.90 Å². The van der Waals surface area contributed by atoms with Crippen molar-refractivity contribution in [3.05, 3.63) is 102 Å². The zero-order chi connectivity index (χ0) is 20.3. The van der Waals surface area contributed by atoms with E-state index in [4.69, 9.17) is 4.74 Å². The van der Waals surface area contributed by atoms with Crippen LogP contribution in [0, 0.1) is 0 Å². The zero-order valence-corrected chi connectivity index (χ0v) is 16.8. The topological polar surface area (TPSA) is 29.5 Å². The Balaban J connectivity index is 1.54. The molecule has 0 atom stereocenters. The Bertz CT molecular complexity index is 1180. The average Bonchev–Trinajstić information content (AvgIpc) is 3.20. The molecule has 1 heterocycles. The molecule has 0 aliphatic carbocycles. The molecule has 0 spiro atoms. The van der Waals surface area contributed by atoms with Gasteiger partial charge in [0, 0.05) is 6.54 Å². The van der Waals surface area contributed by atoms with Gasteiger partial charge in [-0.15, -0.1) is 0 Å². The molecule has 4 aromatic rings. The fourth-order valence-electron chi connectivity index (χ4n) is 4.11. The minimum Gasteiger partial charge on any atom is -0.448 e. The molecule has 0 aromatic heterocycles. The maximum atomic E-state index is 11.8. The first-order valence-electron chi connectivity index (χ1n) is 10.4. The second kappa shape index (κ2) is 8.03. The minimum absolute atomic E-state index is 0.207. The summed E-state index contributed by atoms with van der Waals surface area (Å²) in [5, 5.41) is 4.92. The second-order valence-corrected chi connectivity index (χ2v) is 7.63. The van der Waals surface area contributed by atoms with Gasteiger partial charge in [0.2, 0.25) is 0 Å². The molecule has 1 amide bonds. The first-order valence-corrected chi connectivity index (χ1v) is 10.4. The Morgan fingerprint density at radius 3 is 1.90 bits per heavy atom. The Morgan fingerprint density at radius 1 is 0.800 bits per heavy atom. The molecule has 0 unspecified atom stereocenters. The lowest BCUT2D eigenvalue weighted by atomic mass is 9.93. The molecule has 1 aliphatic rings. The van der Waals surface area contributed by atoms with Crippen molar-refractivity contribution in [2.75, 3.05) is 19.7 Å². The molecule has 5 rings (SSSR count). The largest absolute Gasteiger partial charge is 0.448 e. The van der Waals surface area contributed by atoms with Gasteiger partial charge in [-0.2, -0.15) is 0 Å². The number of cyclic esters (lactones) is 1. The number of ether oxygens (including phenoxy) is 1. The third kappa shape index (κ3) is 3.67. The summed E-state index contributed by atoms with van der Waals surface area (Å²) in [6.07, 6.45) is 2.82. The van der Waals surface area contributed by atoms with Crippen LogP contribution in [0.4, 0.5) is 4.79 Å². The minimum atomic E-state index is -0.207. The van der Waals surface area contributed by atoms with Gasteiger partial charge >= 0.3 is 6.09 Å². The van der Waals surface area contributed by atoms with Crippen molar-refractivity contribution >= 4 is 33.2 Å². The molecule has 0 radical (unpaired) electrons. The predicted molar refractivity (Wildman–Crippen MR) is 123 cm³/mol. The molecular weight excluding hydrogens is 370 g/mol. The van der Waals surface area contributed by atoms with Crippen LogP contribution >= 0.6 is 0 Å². The average molecular weight is 393 g/mol. The fraction of sp³-hybridized carbons (Fsp3) is 0.148. The van der Waals surface area contributed by atoms with Crippen molar-refractivity contribution in [2.24, 2.45) is 0 Å². The van der Waals surface area contributed by atoms with Crippen LogP contribution in [0.3, 0.4) is 0 Å². The number of fused-ring (bicyclic) bond motifs is 2. The van der Waals surface area contributed by atoms with Gasteiger partial charge in [-0.3, -0.25) is 0 Å². The van der Waals surface area contributed by atoms with Crippen molar-refractivity contribution in [3.8, 4) is 0 Å². The van der Waals surface area contributed by atoms with Gasteiger partial charge < -0.3 is 9.64 Å². The molecule has 1 fully saturated rings. The van der Waals surface area contributed by atoms with Crippen LogP contribution in [0.5, 0.6) is 0 Å². The molecule has 30 heavy (non-hydrogen) atoms. The first kappa shape index (κ1) is 18.4. The van der Waals surface area contributed by atoms with Gasteiger partial charge in [-0.25, -0.2) is 4.79 Å². The summed E-state index contributed by atoms with van der Waals surface area (Å²) >= 11 is 0. The van der Waals surface area contributed by atoms with Gasteiger partial charge in [0.25, 0.3) is 0 Å². The predicted octanol–water partition coefficient (Wildman–Crippen LogP) is 6.27. The molecule has 0 saturated carbocycles. The number of benzene rings is 4. The summed E-state index contributed by atoms with van der Waals surface area (Å²) in [5.74, 6) is 0. The van der Waals surface area contributed by atoms with Gasteiger partial charge in [-0.05, 0) is 56.8 Å². The molecule has 1 saturated heterocycles. The van der Waals surface area contributed by atoms with Crippen molar-refractivity contribution in [2.45, 2.75) is 6.42 Å². The van der Waals surface area contributed by atoms with E-state index in [0.29, 0.717) is 19.7 Å². The maximum absolute atomic E-state index is 11.8. The molecule has 3 heteroatoms. The van der Waals surface area contributed by atoms with Crippen LogP contribution in [-0.2, 0) is 4.74 Å². The summed E-state index contributed by atoms with van der Waals surface area (Å²) in [5.41, 5.74) is 3.57. The lowest BCUT2D eigenvalue weighted by Gasteiger charge is -2.14. The van der Waals surface area contributed by atoms with E-state index in [2.05, 4.69) is 91.0 Å². The van der Waals surface area contributed by atoms with E-state index in [9.17, 15) is 4.79 Å². The summed E-state index contributed by atoms with van der Waals surface area (Å²) in [6.45, 7) is 1.84. The molecule has 148 valence electrons. The third-order valence-corrected chi connectivity index (χ3v) is 5.71. The molecule has 1 aliphatic heterocycles. The number of hydrogen-bond donors (Lipinski definition) is 0. The van der Waals surface area contributed by atoms with E-state index < -0.39 is 0 Å². The van der Waals surface area contributed by atoms with Gasteiger partial charge in [0.05, 0.1) is 6.54 Å². The molecule has 0 N–H and O–H groups in total. The Hall–Kier alpha value is -3.59. The van der Waals surface area contributed by atoms with Crippen molar-refractivity contribution in [1.82, 2.24) is 4.90 Å². The summed E-state index contributed by atoms with van der Waals surface area (Å²) in [7, 11) is 0. The van der Waals surface area contributed by atoms with E-state index in [1.165, 1.54) is 38.2 Å². The highest BCUT2D eigenvalue weighted by molar-refractivity contribution is 5.92. The summed E-state index contributed by atoms with van der Waals surface area (Å²) in [6, 6.07) is 30.1. The van der Waals surface area contributed by atoms with Gasteiger partial charge in [-0.1, -0.05) is 78.9 Å². The zero-order valence-electron chi connectivity index (χ0n) is 16.8. The summed E-state index contributed by atoms with van der Waals surface area (Å²) < 4.78 is 5.05. The lowest BCUT2D eigenvalue weighted by molar-refractivity contribution is 0.159. The van der Waals surface area contributed by atoms with Crippen molar-refractivity contribution in [3.63, 3.8) is 0 Å². The van der Waals surface area contributed by atoms with Crippen LogP contribution in [-0.4, -0.2) is 30.7 Å². The van der Waals surface area contributed by atoms with E-state index in [0.717, 1.165) is 6.42 Å². The lowest BCUT2D eigenvalue weighted by Crippen LogP contribution is -2.24. The Labute approximate surface area is 176 Å².